The summed E-state index contributed by atoms with van der Waals surface area (Å²) < 4.78 is 18.1. The quantitative estimate of drug-likeness (QED) is 0.211. The third-order valence-corrected chi connectivity index (χ3v) is 9.45. The standard InChI is InChI=1S/C30H48O8/c1-8-18(3)27(35)38-26-22(37-28-25(34)24(33)21(32)16-36-28)15-30(7)20(11-9-17(2)13-14-31)19(4)10-12-23(30)29(26,5)6/h8,10,13,20-26,28,31-34H,9,11-12,14-16H2,1-7H3/b17-13+,18-8-/t20-,21+,22+,23-,24+,25-,26-,28+,30-/m1/s1. The zero-order valence-corrected chi connectivity index (χ0v) is 24.0. The molecule has 38 heavy (non-hydrogen) atoms. The maximum atomic E-state index is 13.0. The Bertz CT molecular complexity index is 937. The van der Waals surface area contributed by atoms with Crippen LogP contribution in [0, 0.1) is 22.7 Å². The molecule has 0 unspecified atom stereocenters. The predicted octanol–water partition coefficient (Wildman–Crippen LogP) is 3.43. The molecule has 0 aromatic heterocycles. The third kappa shape index (κ3) is 6.11. The number of rotatable bonds is 8. The lowest BCUT2D eigenvalue weighted by Gasteiger charge is -2.61. The number of allylic oxidation sites excluding steroid dienone is 4. The molecule has 4 N–H and O–H groups in total. The van der Waals surface area contributed by atoms with Gasteiger partial charge in [-0.05, 0) is 70.6 Å². The van der Waals surface area contributed by atoms with Crippen LogP contribution in [0.5, 0.6) is 0 Å². The molecule has 1 heterocycles. The van der Waals surface area contributed by atoms with Crippen LogP contribution in [0.1, 0.15) is 74.1 Å². The second-order valence-corrected chi connectivity index (χ2v) is 12.3. The SMILES string of the molecule is C/C=C(/C)C(=O)O[C@@H]1[C@@H](O[C@@H]2OC[C@H](O)[C@H](O)[C@H]2O)C[C@]2(C)[C@H](CC/C(C)=C/CO)C(C)=CC[C@@H]2C1(C)C. The third-order valence-electron chi connectivity index (χ3n) is 9.45. The number of hydrogen-bond donors (Lipinski definition) is 4. The average molecular weight is 537 g/mol. The van der Waals surface area contributed by atoms with Crippen molar-refractivity contribution in [3.05, 3.63) is 34.9 Å². The second kappa shape index (κ2) is 12.3. The largest absolute Gasteiger partial charge is 0.456 e. The molecule has 9 atom stereocenters. The van der Waals surface area contributed by atoms with E-state index in [0.29, 0.717) is 12.0 Å². The number of aliphatic hydroxyl groups is 4. The van der Waals surface area contributed by atoms with E-state index in [9.17, 15) is 25.2 Å². The molecule has 1 aliphatic heterocycles. The molecule has 3 rings (SSSR count). The maximum absolute atomic E-state index is 13.0. The Labute approximate surface area is 227 Å². The van der Waals surface area contributed by atoms with Gasteiger partial charge in [-0.25, -0.2) is 4.79 Å². The van der Waals surface area contributed by atoms with Crippen molar-refractivity contribution in [2.75, 3.05) is 13.2 Å². The molecule has 0 radical (unpaired) electrons. The van der Waals surface area contributed by atoms with Crippen LogP contribution >= 0.6 is 0 Å². The minimum atomic E-state index is -1.43. The molecule has 0 aromatic rings. The molecule has 1 saturated heterocycles. The number of aliphatic hydroxyl groups excluding tert-OH is 4. The van der Waals surface area contributed by atoms with Gasteiger partial charge in [0, 0.05) is 11.0 Å². The molecule has 2 aliphatic carbocycles. The molecular weight excluding hydrogens is 488 g/mol. The van der Waals surface area contributed by atoms with Crippen molar-refractivity contribution in [2.45, 2.75) is 111 Å². The van der Waals surface area contributed by atoms with Gasteiger partial charge in [0.1, 0.15) is 24.4 Å². The lowest BCUT2D eigenvalue weighted by atomic mass is 9.46. The molecule has 2 fully saturated rings. The highest BCUT2D eigenvalue weighted by molar-refractivity contribution is 5.87. The zero-order chi connectivity index (χ0) is 28.4. The van der Waals surface area contributed by atoms with Gasteiger partial charge in [-0.1, -0.05) is 50.1 Å². The summed E-state index contributed by atoms with van der Waals surface area (Å²) in [7, 11) is 0. The number of ether oxygens (including phenoxy) is 3. The Balaban J connectivity index is 1.99. The highest BCUT2D eigenvalue weighted by atomic mass is 16.7. The normalized spacial score (nSPS) is 39.8. The highest BCUT2D eigenvalue weighted by Gasteiger charge is 2.61. The van der Waals surface area contributed by atoms with E-state index in [4.69, 9.17) is 14.2 Å². The van der Waals surface area contributed by atoms with Crippen molar-refractivity contribution < 1.29 is 39.4 Å². The first-order valence-corrected chi connectivity index (χ1v) is 13.9. The molecule has 0 amide bonds. The van der Waals surface area contributed by atoms with Gasteiger partial charge in [0.2, 0.25) is 0 Å². The van der Waals surface area contributed by atoms with Crippen LogP contribution in [0.15, 0.2) is 34.9 Å². The molecule has 8 heteroatoms. The van der Waals surface area contributed by atoms with Gasteiger partial charge < -0.3 is 34.6 Å². The molecular formula is C30H48O8. The van der Waals surface area contributed by atoms with Gasteiger partial charge in [-0.2, -0.15) is 0 Å². The summed E-state index contributed by atoms with van der Waals surface area (Å²) in [6.45, 7) is 14.1. The molecule has 0 bridgehead atoms. The van der Waals surface area contributed by atoms with E-state index in [1.165, 1.54) is 5.57 Å². The van der Waals surface area contributed by atoms with Crippen LogP contribution in [0.3, 0.4) is 0 Å². The summed E-state index contributed by atoms with van der Waals surface area (Å²) in [5, 5.41) is 40.1. The first kappa shape index (κ1) is 31.0. The number of carbonyl (C=O) groups excluding carboxylic acids is 1. The van der Waals surface area contributed by atoms with Gasteiger partial charge in [0.05, 0.1) is 19.3 Å². The molecule has 0 aromatic carbocycles. The van der Waals surface area contributed by atoms with Crippen molar-refractivity contribution in [3.63, 3.8) is 0 Å². The molecule has 1 saturated carbocycles. The zero-order valence-electron chi connectivity index (χ0n) is 24.0. The van der Waals surface area contributed by atoms with Gasteiger partial charge in [0.25, 0.3) is 0 Å². The van der Waals surface area contributed by atoms with Crippen LogP contribution in [0.2, 0.25) is 0 Å². The van der Waals surface area contributed by atoms with Crippen LogP contribution in [-0.2, 0) is 19.0 Å². The van der Waals surface area contributed by atoms with Gasteiger partial charge in [0.15, 0.2) is 6.29 Å². The molecule has 0 spiro atoms. The summed E-state index contributed by atoms with van der Waals surface area (Å²) in [6, 6.07) is 0. The summed E-state index contributed by atoms with van der Waals surface area (Å²) in [5.74, 6) is 0.0263. The van der Waals surface area contributed by atoms with E-state index < -0.39 is 48.2 Å². The summed E-state index contributed by atoms with van der Waals surface area (Å²) >= 11 is 0. The fourth-order valence-electron chi connectivity index (χ4n) is 7.07. The topological polar surface area (TPSA) is 126 Å². The van der Waals surface area contributed by atoms with Crippen LogP contribution in [-0.4, -0.2) is 76.4 Å². The van der Waals surface area contributed by atoms with Crippen molar-refractivity contribution in [2.24, 2.45) is 22.7 Å². The minimum Gasteiger partial charge on any atom is -0.456 e. The summed E-state index contributed by atoms with van der Waals surface area (Å²) in [4.78, 5) is 13.0. The van der Waals surface area contributed by atoms with Crippen molar-refractivity contribution >= 4 is 5.97 Å². The molecule has 8 nitrogen and oxygen atoms in total. The highest BCUT2D eigenvalue weighted by Crippen LogP contribution is 2.62. The Morgan fingerprint density at radius 3 is 2.50 bits per heavy atom. The fourth-order valence-corrected chi connectivity index (χ4v) is 7.07. The maximum Gasteiger partial charge on any atom is 0.333 e. The Morgan fingerprint density at radius 1 is 1.18 bits per heavy atom. The molecule has 3 aliphatic rings. The Morgan fingerprint density at radius 2 is 1.87 bits per heavy atom. The van der Waals surface area contributed by atoms with E-state index in [2.05, 4.69) is 33.8 Å². The summed E-state index contributed by atoms with van der Waals surface area (Å²) in [6.07, 6.45) is 2.65. The first-order chi connectivity index (χ1) is 17.8. The smallest absolute Gasteiger partial charge is 0.333 e. The van der Waals surface area contributed by atoms with Gasteiger partial charge in [-0.15, -0.1) is 0 Å². The number of fused-ring (bicyclic) bond motifs is 1. The lowest BCUT2D eigenvalue weighted by molar-refractivity contribution is -0.310. The van der Waals surface area contributed by atoms with Crippen LogP contribution in [0.4, 0.5) is 0 Å². The monoisotopic (exact) mass is 536 g/mol. The second-order valence-electron chi connectivity index (χ2n) is 12.3. The van der Waals surface area contributed by atoms with E-state index in [-0.39, 0.29) is 30.5 Å². The average Bonchev–Trinajstić information content (AvgIpc) is 2.85. The Hall–Kier alpha value is -1.55. The van der Waals surface area contributed by atoms with Crippen LogP contribution in [0.25, 0.3) is 0 Å². The Kier molecular flexibility index (Phi) is 10.0. The number of hydrogen-bond acceptors (Lipinski definition) is 8. The van der Waals surface area contributed by atoms with E-state index in [0.717, 1.165) is 24.8 Å². The van der Waals surface area contributed by atoms with E-state index in [1.54, 1.807) is 19.9 Å². The van der Waals surface area contributed by atoms with E-state index in [1.807, 2.05) is 13.0 Å². The van der Waals surface area contributed by atoms with Crippen LogP contribution < -0.4 is 0 Å². The lowest BCUT2D eigenvalue weighted by Crippen LogP contribution is -2.63. The van der Waals surface area contributed by atoms with Crippen molar-refractivity contribution in [1.29, 1.82) is 0 Å². The minimum absolute atomic E-state index is 0.0249. The first-order valence-electron chi connectivity index (χ1n) is 13.9. The fraction of sp³-hybridized carbons (Fsp3) is 0.767. The van der Waals surface area contributed by atoms with Crippen molar-refractivity contribution in [1.82, 2.24) is 0 Å². The van der Waals surface area contributed by atoms with Crippen molar-refractivity contribution in [3.8, 4) is 0 Å². The van der Waals surface area contributed by atoms with Gasteiger partial charge in [-0.3, -0.25) is 0 Å². The number of carbonyl (C=O) groups is 1. The number of esters is 1. The summed E-state index contributed by atoms with van der Waals surface area (Å²) in [5.41, 5.74) is 2.29. The molecule has 216 valence electrons. The van der Waals surface area contributed by atoms with E-state index >= 15 is 0 Å². The van der Waals surface area contributed by atoms with Gasteiger partial charge >= 0.3 is 5.97 Å². The predicted molar refractivity (Wildman–Crippen MR) is 144 cm³/mol.